The second kappa shape index (κ2) is 14.7. The smallest absolute Gasteiger partial charge is 0.164 e. The summed E-state index contributed by atoms with van der Waals surface area (Å²) >= 11 is 1.79. The Hall–Kier alpha value is -7.67. The Labute approximate surface area is 345 Å². The van der Waals surface area contributed by atoms with Gasteiger partial charge in [-0.05, 0) is 63.7 Å². The number of thiophene rings is 1. The highest BCUT2D eigenvalue weighted by atomic mass is 32.1. The van der Waals surface area contributed by atoms with Gasteiger partial charge in [0.05, 0.1) is 10.4 Å². The fourth-order valence-corrected chi connectivity index (χ4v) is 9.07. The van der Waals surface area contributed by atoms with Gasteiger partial charge in [-0.25, -0.2) is 24.9 Å². The Morgan fingerprint density at radius 3 is 1.41 bits per heavy atom. The summed E-state index contributed by atoms with van der Waals surface area (Å²) in [6.07, 6.45) is 1.82. The molecule has 11 rings (SSSR count). The summed E-state index contributed by atoms with van der Waals surface area (Å²) in [6.45, 7) is 0. The second-order valence-corrected chi connectivity index (χ2v) is 15.5. The van der Waals surface area contributed by atoms with E-state index in [1.54, 1.807) is 11.3 Å². The molecule has 0 aliphatic carbocycles. The maximum atomic E-state index is 5.15. The molecule has 7 aromatic carbocycles. The molecule has 0 amide bonds. The molecule has 0 N–H and O–H groups in total. The van der Waals surface area contributed by atoms with Gasteiger partial charge in [-0.2, -0.15) is 0 Å². The zero-order chi connectivity index (χ0) is 39.1. The lowest BCUT2D eigenvalue weighted by molar-refractivity contribution is 1.07. The van der Waals surface area contributed by atoms with Gasteiger partial charge in [-0.3, -0.25) is 0 Å². The fraction of sp³-hybridized carbons (Fsp3) is 0. The number of aromatic nitrogens is 5. The fourth-order valence-electron chi connectivity index (χ4n) is 7.84. The van der Waals surface area contributed by atoms with Crippen molar-refractivity contribution in [1.29, 1.82) is 0 Å². The molecule has 5 nitrogen and oxygen atoms in total. The van der Waals surface area contributed by atoms with Crippen LogP contribution in [0.15, 0.2) is 200 Å². The van der Waals surface area contributed by atoms with Gasteiger partial charge in [0.2, 0.25) is 0 Å². The van der Waals surface area contributed by atoms with Gasteiger partial charge >= 0.3 is 0 Å². The van der Waals surface area contributed by atoms with E-state index in [9.17, 15) is 0 Å². The van der Waals surface area contributed by atoms with Gasteiger partial charge in [-0.1, -0.05) is 164 Å². The number of hydrogen-bond acceptors (Lipinski definition) is 6. The summed E-state index contributed by atoms with van der Waals surface area (Å²) < 4.78 is 2.43. The molecule has 0 spiro atoms. The first kappa shape index (κ1) is 34.6. The largest absolute Gasteiger partial charge is 0.237 e. The lowest BCUT2D eigenvalue weighted by atomic mass is 9.96. The summed E-state index contributed by atoms with van der Waals surface area (Å²) in [7, 11) is 0. The topological polar surface area (TPSA) is 64.5 Å². The van der Waals surface area contributed by atoms with Gasteiger partial charge < -0.3 is 0 Å². The van der Waals surface area contributed by atoms with E-state index in [0.717, 1.165) is 66.8 Å². The number of hydrogen-bond donors (Lipinski definition) is 0. The molecule has 0 unspecified atom stereocenters. The molecule has 59 heavy (non-hydrogen) atoms. The third-order valence-electron chi connectivity index (χ3n) is 10.8. The minimum atomic E-state index is 0.628. The van der Waals surface area contributed by atoms with Crippen molar-refractivity contribution in [1.82, 2.24) is 24.9 Å². The Balaban J connectivity index is 0.929. The Bertz CT molecular complexity index is 3310. The summed E-state index contributed by atoms with van der Waals surface area (Å²) in [4.78, 5) is 24.8. The molecule has 4 heterocycles. The van der Waals surface area contributed by atoms with E-state index in [2.05, 4.69) is 157 Å². The third kappa shape index (κ3) is 6.52. The first-order chi connectivity index (χ1) is 29.2. The van der Waals surface area contributed by atoms with Crippen LogP contribution in [0.3, 0.4) is 0 Å². The molecule has 0 aliphatic heterocycles. The van der Waals surface area contributed by atoms with Crippen molar-refractivity contribution in [3.05, 3.63) is 200 Å². The van der Waals surface area contributed by atoms with E-state index in [1.165, 1.54) is 25.7 Å². The van der Waals surface area contributed by atoms with Crippen molar-refractivity contribution in [2.24, 2.45) is 0 Å². The number of nitrogens with zero attached hydrogens (tertiary/aromatic N) is 5. The summed E-state index contributed by atoms with van der Waals surface area (Å²) in [5, 5.41) is 3.54. The van der Waals surface area contributed by atoms with Crippen LogP contribution in [-0.4, -0.2) is 24.9 Å². The first-order valence-electron chi connectivity index (χ1n) is 19.6. The van der Waals surface area contributed by atoms with Crippen LogP contribution in [0.4, 0.5) is 0 Å². The lowest BCUT2D eigenvalue weighted by Gasteiger charge is -2.11. The maximum absolute atomic E-state index is 5.15. The predicted octanol–water partition coefficient (Wildman–Crippen LogP) is 13.9. The molecule has 0 bridgehead atoms. The highest BCUT2D eigenvalue weighted by Gasteiger charge is 2.17. The number of pyridine rings is 2. The van der Waals surface area contributed by atoms with Gasteiger partial charge in [-0.15, -0.1) is 11.3 Å². The SMILES string of the molecule is c1ccc(-c2ccc(-c3nc(-c4ccccc4)nc(-c4ccc(-c5cccc(-c6cccc(-c7nc8ncccc8c8c7sc7ccccc78)c6)c5)cc4)n3)cc2)cc1. The Kier molecular flexibility index (Phi) is 8.60. The van der Waals surface area contributed by atoms with Crippen LogP contribution in [0.5, 0.6) is 0 Å². The van der Waals surface area contributed by atoms with Gasteiger partial charge in [0.15, 0.2) is 23.1 Å². The maximum Gasteiger partial charge on any atom is 0.164 e. The number of benzene rings is 7. The predicted molar refractivity (Wildman–Crippen MR) is 244 cm³/mol. The van der Waals surface area contributed by atoms with Crippen LogP contribution in [0.1, 0.15) is 0 Å². The Morgan fingerprint density at radius 2 is 0.763 bits per heavy atom. The average Bonchev–Trinajstić information content (AvgIpc) is 3.72. The van der Waals surface area contributed by atoms with Gasteiger partial charge in [0.25, 0.3) is 0 Å². The molecule has 0 fully saturated rings. The van der Waals surface area contributed by atoms with Crippen LogP contribution in [-0.2, 0) is 0 Å². The van der Waals surface area contributed by atoms with Crippen molar-refractivity contribution >= 4 is 42.5 Å². The van der Waals surface area contributed by atoms with Crippen molar-refractivity contribution in [3.63, 3.8) is 0 Å². The monoisotopic (exact) mass is 771 g/mol. The molecular weight excluding hydrogens is 739 g/mol. The summed E-state index contributed by atoms with van der Waals surface area (Å²) in [5.41, 5.74) is 12.4. The van der Waals surface area contributed by atoms with E-state index in [-0.39, 0.29) is 0 Å². The molecule has 4 aromatic heterocycles. The lowest BCUT2D eigenvalue weighted by Crippen LogP contribution is -2.00. The molecule has 0 aliphatic rings. The molecule has 0 radical (unpaired) electrons. The van der Waals surface area contributed by atoms with Crippen LogP contribution >= 0.6 is 11.3 Å². The van der Waals surface area contributed by atoms with Crippen LogP contribution in [0, 0.1) is 0 Å². The molecule has 0 saturated heterocycles. The second-order valence-electron chi connectivity index (χ2n) is 14.5. The van der Waals surface area contributed by atoms with E-state index >= 15 is 0 Å². The van der Waals surface area contributed by atoms with E-state index in [1.807, 2.05) is 48.7 Å². The summed E-state index contributed by atoms with van der Waals surface area (Å²) in [5.74, 6) is 1.90. The highest BCUT2D eigenvalue weighted by Crippen LogP contribution is 2.43. The van der Waals surface area contributed by atoms with E-state index in [4.69, 9.17) is 19.9 Å². The molecule has 0 atom stereocenters. The van der Waals surface area contributed by atoms with Gasteiger partial charge in [0, 0.05) is 49.3 Å². The van der Waals surface area contributed by atoms with Crippen LogP contribution in [0.25, 0.3) is 110 Å². The van der Waals surface area contributed by atoms with Crippen molar-refractivity contribution in [2.75, 3.05) is 0 Å². The molecular formula is C53H33N5S. The minimum Gasteiger partial charge on any atom is -0.237 e. The van der Waals surface area contributed by atoms with Gasteiger partial charge in [0.1, 0.15) is 0 Å². The normalized spacial score (nSPS) is 11.4. The molecule has 0 saturated carbocycles. The number of fused-ring (bicyclic) bond motifs is 5. The average molecular weight is 772 g/mol. The molecule has 6 heteroatoms. The zero-order valence-electron chi connectivity index (χ0n) is 31.7. The van der Waals surface area contributed by atoms with Crippen LogP contribution in [0.2, 0.25) is 0 Å². The van der Waals surface area contributed by atoms with E-state index < -0.39 is 0 Å². The van der Waals surface area contributed by atoms with Crippen molar-refractivity contribution in [3.8, 4) is 78.8 Å². The first-order valence-corrected chi connectivity index (χ1v) is 20.4. The third-order valence-corrected chi connectivity index (χ3v) is 12.0. The highest BCUT2D eigenvalue weighted by molar-refractivity contribution is 7.26. The summed E-state index contributed by atoms with van der Waals surface area (Å²) in [6, 6.07) is 67.5. The number of rotatable bonds is 7. The van der Waals surface area contributed by atoms with Crippen LogP contribution < -0.4 is 0 Å². The zero-order valence-corrected chi connectivity index (χ0v) is 32.5. The minimum absolute atomic E-state index is 0.628. The van der Waals surface area contributed by atoms with Crippen molar-refractivity contribution < 1.29 is 0 Å². The quantitative estimate of drug-likeness (QED) is 0.161. The molecule has 11 aromatic rings. The Morgan fingerprint density at radius 1 is 0.322 bits per heavy atom. The molecule has 276 valence electrons. The van der Waals surface area contributed by atoms with Crippen molar-refractivity contribution in [2.45, 2.75) is 0 Å². The standard InChI is InChI=1S/C53H33N5S/c1-3-12-34(13-4-1)35-23-27-38(28-24-35)51-56-50(37-14-5-2-6-15-37)57-52(58-51)39-29-25-36(26-30-39)40-16-9-17-41(32-40)42-18-10-19-43(33-42)48-49-47(44-20-7-8-22-46(44)59-49)45-21-11-31-54-53(45)55-48/h1-33H. The van der Waals surface area contributed by atoms with E-state index in [0.29, 0.717) is 17.5 Å².